The highest BCUT2D eigenvalue weighted by molar-refractivity contribution is 7.80. The highest BCUT2D eigenvalue weighted by Gasteiger charge is 2.22. The average molecular weight is 355 g/mol. The molecule has 1 aliphatic heterocycles. The fourth-order valence-electron chi connectivity index (χ4n) is 3.45. The summed E-state index contributed by atoms with van der Waals surface area (Å²) in [7, 11) is 0. The van der Waals surface area contributed by atoms with Crippen molar-refractivity contribution in [3.8, 4) is 0 Å². The number of thiocarbonyl (C=S) groups is 1. The molecule has 1 aromatic carbocycles. The molecule has 2 atom stereocenters. The summed E-state index contributed by atoms with van der Waals surface area (Å²) in [6.07, 6.45) is 3.16. The Balaban J connectivity index is 1.52. The average Bonchev–Trinajstić information content (AvgIpc) is 2.61. The lowest BCUT2D eigenvalue weighted by atomic mass is 9.92. The lowest BCUT2D eigenvalue weighted by molar-refractivity contribution is 0.355. The van der Waals surface area contributed by atoms with Crippen molar-refractivity contribution in [1.82, 2.24) is 10.3 Å². The molecule has 4 nitrogen and oxygen atoms in total. The van der Waals surface area contributed by atoms with E-state index >= 15 is 0 Å². The minimum atomic E-state index is 0.610. The number of pyridine rings is 1. The van der Waals surface area contributed by atoms with Crippen molar-refractivity contribution in [2.24, 2.45) is 11.8 Å². The summed E-state index contributed by atoms with van der Waals surface area (Å²) in [4.78, 5) is 7.00. The van der Waals surface area contributed by atoms with Crippen LogP contribution in [0.3, 0.4) is 0 Å². The topological polar surface area (TPSA) is 40.2 Å². The predicted molar refractivity (Wildman–Crippen MR) is 109 cm³/mol. The van der Waals surface area contributed by atoms with E-state index in [2.05, 4.69) is 52.6 Å². The van der Waals surface area contributed by atoms with E-state index < -0.39 is 0 Å². The minimum absolute atomic E-state index is 0.610. The first-order chi connectivity index (χ1) is 12.1. The number of anilines is 2. The number of benzene rings is 1. The molecule has 0 aliphatic carbocycles. The van der Waals surface area contributed by atoms with Gasteiger partial charge in [-0.15, -0.1) is 0 Å². The van der Waals surface area contributed by atoms with Gasteiger partial charge >= 0.3 is 0 Å². The lowest BCUT2D eigenvalue weighted by Crippen LogP contribution is -2.39. The monoisotopic (exact) mass is 354 g/mol. The molecule has 2 aromatic rings. The van der Waals surface area contributed by atoms with E-state index in [9.17, 15) is 0 Å². The van der Waals surface area contributed by atoms with Crippen LogP contribution in [-0.4, -0.2) is 23.2 Å². The second-order valence-electron chi connectivity index (χ2n) is 7.05. The third kappa shape index (κ3) is 5.16. The highest BCUT2D eigenvalue weighted by Crippen LogP contribution is 2.25. The van der Waals surface area contributed by atoms with Crippen molar-refractivity contribution in [3.05, 3.63) is 54.2 Å². The van der Waals surface area contributed by atoms with E-state index in [4.69, 9.17) is 12.2 Å². The Morgan fingerprint density at radius 3 is 2.48 bits per heavy atom. The van der Waals surface area contributed by atoms with Crippen LogP contribution in [0.1, 0.15) is 25.8 Å². The van der Waals surface area contributed by atoms with E-state index in [1.807, 2.05) is 30.5 Å². The number of hydrogen-bond acceptors (Lipinski definition) is 3. The molecule has 2 unspecified atom stereocenters. The number of nitrogens with one attached hydrogen (secondary N) is 2. The van der Waals surface area contributed by atoms with Crippen molar-refractivity contribution in [3.63, 3.8) is 0 Å². The smallest absolute Gasteiger partial charge is 0.171 e. The Labute approximate surface area is 155 Å². The highest BCUT2D eigenvalue weighted by atomic mass is 32.1. The first-order valence-corrected chi connectivity index (χ1v) is 9.31. The molecule has 0 saturated carbocycles. The molecule has 0 spiro atoms. The molecular formula is C20H26N4S. The quantitative estimate of drug-likeness (QED) is 0.811. The molecule has 25 heavy (non-hydrogen) atoms. The van der Waals surface area contributed by atoms with E-state index in [0.29, 0.717) is 11.7 Å². The Hall–Kier alpha value is -2.14. The van der Waals surface area contributed by atoms with Crippen LogP contribution in [0, 0.1) is 11.8 Å². The van der Waals surface area contributed by atoms with Gasteiger partial charge in [-0.2, -0.15) is 0 Å². The van der Waals surface area contributed by atoms with Crippen LogP contribution in [0.15, 0.2) is 48.7 Å². The normalized spacial score (nSPS) is 20.2. The predicted octanol–water partition coefficient (Wildman–Crippen LogP) is 4.05. The van der Waals surface area contributed by atoms with Crippen molar-refractivity contribution in [2.75, 3.05) is 23.3 Å². The number of aromatic nitrogens is 1. The molecule has 1 saturated heterocycles. The number of piperidine rings is 1. The lowest BCUT2D eigenvalue weighted by Gasteiger charge is -2.35. The van der Waals surface area contributed by atoms with Gasteiger partial charge in [-0.05, 0) is 48.2 Å². The maximum atomic E-state index is 5.36. The minimum Gasteiger partial charge on any atom is -0.358 e. The first kappa shape index (κ1) is 17.7. The molecule has 1 aromatic heterocycles. The molecule has 132 valence electrons. The number of rotatable bonds is 4. The van der Waals surface area contributed by atoms with Crippen LogP contribution in [0.2, 0.25) is 0 Å². The second kappa shape index (κ2) is 8.30. The van der Waals surface area contributed by atoms with Crippen LogP contribution in [0.4, 0.5) is 11.5 Å². The zero-order valence-corrected chi connectivity index (χ0v) is 15.7. The first-order valence-electron chi connectivity index (χ1n) is 8.90. The van der Waals surface area contributed by atoms with Crippen LogP contribution in [0.25, 0.3) is 0 Å². The zero-order valence-electron chi connectivity index (χ0n) is 14.9. The summed E-state index contributed by atoms with van der Waals surface area (Å²) >= 11 is 5.36. The van der Waals surface area contributed by atoms with Crippen molar-refractivity contribution < 1.29 is 0 Å². The molecule has 1 aliphatic rings. The van der Waals surface area contributed by atoms with Gasteiger partial charge in [0.2, 0.25) is 0 Å². The maximum Gasteiger partial charge on any atom is 0.171 e. The summed E-state index contributed by atoms with van der Waals surface area (Å²) in [5, 5.41) is 7.03. The summed E-state index contributed by atoms with van der Waals surface area (Å²) < 4.78 is 0. The molecule has 3 rings (SSSR count). The Morgan fingerprint density at radius 1 is 1.12 bits per heavy atom. The van der Waals surface area contributed by atoms with Crippen LogP contribution in [0.5, 0.6) is 0 Å². The molecule has 2 heterocycles. The van der Waals surface area contributed by atoms with Gasteiger partial charge in [-0.3, -0.25) is 0 Å². The molecule has 0 amide bonds. The fraction of sp³-hybridized carbons (Fsp3) is 0.400. The SMILES string of the molecule is CC1CC(C)CN(c2ccc(NC(=S)NCc3ccccc3)cn2)C1. The summed E-state index contributed by atoms with van der Waals surface area (Å²) in [5.41, 5.74) is 2.11. The van der Waals surface area contributed by atoms with E-state index in [-0.39, 0.29) is 0 Å². The molecule has 5 heteroatoms. The Morgan fingerprint density at radius 2 is 1.84 bits per heavy atom. The summed E-state index contributed by atoms with van der Waals surface area (Å²) in [6, 6.07) is 14.3. The molecule has 1 fully saturated rings. The molecule has 0 bridgehead atoms. The molecule has 0 radical (unpaired) electrons. The van der Waals surface area contributed by atoms with Gasteiger partial charge < -0.3 is 15.5 Å². The second-order valence-corrected chi connectivity index (χ2v) is 7.46. The van der Waals surface area contributed by atoms with E-state index in [0.717, 1.165) is 36.4 Å². The van der Waals surface area contributed by atoms with Crippen LogP contribution >= 0.6 is 12.2 Å². The van der Waals surface area contributed by atoms with E-state index in [1.54, 1.807) is 0 Å². The summed E-state index contributed by atoms with van der Waals surface area (Å²) in [5.74, 6) is 2.49. The standard InChI is InChI=1S/C20H26N4S/c1-15-10-16(2)14-24(13-15)19-9-8-18(12-21-19)23-20(25)22-11-17-6-4-3-5-7-17/h3-9,12,15-16H,10-11,13-14H2,1-2H3,(H2,22,23,25). The van der Waals surface area contributed by atoms with Gasteiger partial charge in [-0.1, -0.05) is 44.2 Å². The van der Waals surface area contributed by atoms with Gasteiger partial charge in [0.25, 0.3) is 0 Å². The summed E-state index contributed by atoms with van der Waals surface area (Å²) in [6.45, 7) is 7.51. The van der Waals surface area contributed by atoms with Gasteiger partial charge in [0, 0.05) is 19.6 Å². The van der Waals surface area contributed by atoms with Crippen LogP contribution in [-0.2, 0) is 6.54 Å². The third-order valence-electron chi connectivity index (χ3n) is 4.49. The van der Waals surface area contributed by atoms with Gasteiger partial charge in [0.15, 0.2) is 5.11 Å². The van der Waals surface area contributed by atoms with Gasteiger partial charge in [0.05, 0.1) is 11.9 Å². The third-order valence-corrected chi connectivity index (χ3v) is 4.74. The van der Waals surface area contributed by atoms with Gasteiger partial charge in [-0.25, -0.2) is 4.98 Å². The number of nitrogens with zero attached hydrogens (tertiary/aromatic N) is 2. The molecule has 2 N–H and O–H groups in total. The Bertz CT molecular complexity index is 677. The van der Waals surface area contributed by atoms with Crippen molar-refractivity contribution in [1.29, 1.82) is 0 Å². The van der Waals surface area contributed by atoms with Gasteiger partial charge in [0.1, 0.15) is 5.82 Å². The molecular weight excluding hydrogens is 328 g/mol. The largest absolute Gasteiger partial charge is 0.358 e. The fourth-order valence-corrected chi connectivity index (χ4v) is 3.64. The number of hydrogen-bond donors (Lipinski definition) is 2. The van der Waals surface area contributed by atoms with Crippen molar-refractivity contribution >= 4 is 28.8 Å². The van der Waals surface area contributed by atoms with Crippen LogP contribution < -0.4 is 15.5 Å². The maximum absolute atomic E-state index is 5.36. The Kier molecular flexibility index (Phi) is 5.87. The van der Waals surface area contributed by atoms with Crippen molar-refractivity contribution in [2.45, 2.75) is 26.8 Å². The van der Waals surface area contributed by atoms with E-state index in [1.165, 1.54) is 12.0 Å². The zero-order chi connectivity index (χ0) is 17.6.